The van der Waals surface area contributed by atoms with Gasteiger partial charge in [0.05, 0.1) is 19.2 Å². The van der Waals surface area contributed by atoms with Crippen LogP contribution in [0.5, 0.6) is 0 Å². The van der Waals surface area contributed by atoms with Crippen molar-refractivity contribution in [2.45, 2.75) is 39.7 Å². The van der Waals surface area contributed by atoms with Crippen LogP contribution in [0.1, 0.15) is 45.2 Å². The molecule has 0 aliphatic carbocycles. The van der Waals surface area contributed by atoms with Crippen LogP contribution in [0.3, 0.4) is 0 Å². The molecule has 1 atom stereocenters. The standard InChI is InChI=1S/C24H43N5O/c1-5-25-24(26-19-21-13-15-28(16-14-21)17-18-30-4)27-20-23(29(6-2)7-3)22-11-9-8-10-12-22/h8-12,21,23H,5-7,13-20H2,1-4H3,(H2,25,26,27). The van der Waals surface area contributed by atoms with Gasteiger partial charge in [-0.15, -0.1) is 0 Å². The van der Waals surface area contributed by atoms with Gasteiger partial charge >= 0.3 is 0 Å². The zero-order chi connectivity index (χ0) is 21.6. The van der Waals surface area contributed by atoms with Gasteiger partial charge in [0, 0.05) is 26.7 Å². The number of methoxy groups -OCH3 is 1. The molecule has 1 aliphatic heterocycles. The zero-order valence-corrected chi connectivity index (χ0v) is 19.6. The monoisotopic (exact) mass is 417 g/mol. The Morgan fingerprint density at radius 2 is 1.83 bits per heavy atom. The zero-order valence-electron chi connectivity index (χ0n) is 19.6. The van der Waals surface area contributed by atoms with Gasteiger partial charge in [0.1, 0.15) is 0 Å². The molecule has 1 aromatic rings. The molecule has 1 aliphatic rings. The highest BCUT2D eigenvalue weighted by molar-refractivity contribution is 5.79. The van der Waals surface area contributed by atoms with E-state index >= 15 is 0 Å². The molecule has 0 radical (unpaired) electrons. The van der Waals surface area contributed by atoms with E-state index in [4.69, 9.17) is 9.73 Å². The number of nitrogens with zero attached hydrogens (tertiary/aromatic N) is 3. The molecule has 0 saturated carbocycles. The minimum absolute atomic E-state index is 0.306. The second-order valence-corrected chi connectivity index (χ2v) is 8.03. The van der Waals surface area contributed by atoms with E-state index < -0.39 is 0 Å². The predicted octanol–water partition coefficient (Wildman–Crippen LogP) is 2.98. The van der Waals surface area contributed by atoms with E-state index in [-0.39, 0.29) is 0 Å². The van der Waals surface area contributed by atoms with Crippen LogP contribution in [0.25, 0.3) is 0 Å². The van der Waals surface area contributed by atoms with E-state index in [1.54, 1.807) is 7.11 Å². The molecule has 6 nitrogen and oxygen atoms in total. The van der Waals surface area contributed by atoms with Gasteiger partial charge in [-0.1, -0.05) is 44.2 Å². The van der Waals surface area contributed by atoms with Crippen molar-refractivity contribution in [1.29, 1.82) is 0 Å². The predicted molar refractivity (Wildman–Crippen MR) is 127 cm³/mol. The summed E-state index contributed by atoms with van der Waals surface area (Å²) in [6.45, 7) is 15.5. The molecule has 1 unspecified atom stereocenters. The fourth-order valence-electron chi connectivity index (χ4n) is 4.17. The molecular formula is C24H43N5O. The highest BCUT2D eigenvalue weighted by Crippen LogP contribution is 2.21. The maximum absolute atomic E-state index is 5.21. The highest BCUT2D eigenvalue weighted by Gasteiger charge is 2.20. The smallest absolute Gasteiger partial charge is 0.191 e. The normalized spacial score (nSPS) is 17.3. The fraction of sp³-hybridized carbons (Fsp3) is 0.708. The molecule has 0 amide bonds. The fourth-order valence-corrected chi connectivity index (χ4v) is 4.17. The summed E-state index contributed by atoms with van der Waals surface area (Å²) in [7, 11) is 1.78. The second kappa shape index (κ2) is 14.4. The van der Waals surface area contributed by atoms with Crippen LogP contribution in [0.2, 0.25) is 0 Å². The molecule has 30 heavy (non-hydrogen) atoms. The molecule has 2 N–H and O–H groups in total. The van der Waals surface area contributed by atoms with Gasteiger partial charge in [0.15, 0.2) is 5.96 Å². The molecule has 1 fully saturated rings. The van der Waals surface area contributed by atoms with Crippen molar-refractivity contribution in [3.05, 3.63) is 35.9 Å². The lowest BCUT2D eigenvalue weighted by Crippen LogP contribution is -2.43. The van der Waals surface area contributed by atoms with E-state index in [0.717, 1.165) is 51.8 Å². The summed E-state index contributed by atoms with van der Waals surface area (Å²) in [6, 6.07) is 11.1. The molecule has 170 valence electrons. The Kier molecular flexibility index (Phi) is 11.8. The number of benzene rings is 1. The quantitative estimate of drug-likeness (QED) is 0.404. The molecule has 0 bridgehead atoms. The molecular weight excluding hydrogens is 374 g/mol. The third-order valence-electron chi connectivity index (χ3n) is 6.08. The average Bonchev–Trinajstić information content (AvgIpc) is 2.80. The number of ether oxygens (including phenoxy) is 1. The van der Waals surface area contributed by atoms with Gasteiger partial charge in [0.2, 0.25) is 0 Å². The number of nitrogens with one attached hydrogen (secondary N) is 2. The number of likely N-dealkylation sites (tertiary alicyclic amines) is 1. The summed E-state index contributed by atoms with van der Waals surface area (Å²) in [6.07, 6.45) is 2.48. The maximum Gasteiger partial charge on any atom is 0.191 e. The lowest BCUT2D eigenvalue weighted by molar-refractivity contribution is 0.121. The average molecular weight is 418 g/mol. The minimum Gasteiger partial charge on any atom is -0.383 e. The van der Waals surface area contributed by atoms with Crippen molar-refractivity contribution in [1.82, 2.24) is 20.4 Å². The molecule has 1 aromatic carbocycles. The third-order valence-corrected chi connectivity index (χ3v) is 6.08. The van der Waals surface area contributed by atoms with Gasteiger partial charge in [-0.05, 0) is 57.4 Å². The van der Waals surface area contributed by atoms with Crippen LogP contribution in [0.4, 0.5) is 0 Å². The number of rotatable bonds is 12. The van der Waals surface area contributed by atoms with E-state index in [2.05, 4.69) is 71.5 Å². The largest absolute Gasteiger partial charge is 0.383 e. The third kappa shape index (κ3) is 8.25. The lowest BCUT2D eigenvalue weighted by Gasteiger charge is -2.32. The first kappa shape index (κ1) is 24.6. The molecule has 0 aromatic heterocycles. The van der Waals surface area contributed by atoms with Gasteiger partial charge < -0.3 is 20.3 Å². The Morgan fingerprint density at radius 3 is 2.43 bits per heavy atom. The van der Waals surface area contributed by atoms with E-state index in [1.165, 1.54) is 31.5 Å². The van der Waals surface area contributed by atoms with Crippen molar-refractivity contribution in [2.24, 2.45) is 10.9 Å². The van der Waals surface area contributed by atoms with E-state index in [1.807, 2.05) is 0 Å². The van der Waals surface area contributed by atoms with Crippen molar-refractivity contribution in [3.8, 4) is 0 Å². The summed E-state index contributed by atoms with van der Waals surface area (Å²) in [4.78, 5) is 9.96. The summed E-state index contributed by atoms with van der Waals surface area (Å²) in [5.74, 6) is 1.65. The van der Waals surface area contributed by atoms with Crippen LogP contribution >= 0.6 is 0 Å². The SMILES string of the molecule is CCNC(=NCC(c1ccccc1)N(CC)CC)NCC1CCN(CCOC)CC1. The summed E-state index contributed by atoms with van der Waals surface area (Å²) in [5.41, 5.74) is 1.34. The summed E-state index contributed by atoms with van der Waals surface area (Å²) >= 11 is 0. The molecule has 0 spiro atoms. The number of likely N-dealkylation sites (N-methyl/N-ethyl adjacent to an activating group) is 1. The van der Waals surface area contributed by atoms with Gasteiger partial charge in [-0.25, -0.2) is 0 Å². The Bertz CT molecular complexity index is 583. The minimum atomic E-state index is 0.306. The summed E-state index contributed by atoms with van der Waals surface area (Å²) < 4.78 is 5.21. The van der Waals surface area contributed by atoms with Gasteiger partial charge in [-0.2, -0.15) is 0 Å². The Hall–Kier alpha value is -1.63. The first-order valence-corrected chi connectivity index (χ1v) is 11.7. The number of aliphatic imine (C=N–C) groups is 1. The van der Waals surface area contributed by atoms with Crippen LogP contribution < -0.4 is 10.6 Å². The number of guanidine groups is 1. The Balaban J connectivity index is 1.92. The molecule has 1 saturated heterocycles. The van der Waals surface area contributed by atoms with Gasteiger partial charge in [0.25, 0.3) is 0 Å². The van der Waals surface area contributed by atoms with Crippen LogP contribution in [0, 0.1) is 5.92 Å². The Labute approximate surface area is 184 Å². The van der Waals surface area contributed by atoms with Crippen molar-refractivity contribution in [3.63, 3.8) is 0 Å². The summed E-state index contributed by atoms with van der Waals surface area (Å²) in [5, 5.41) is 7.04. The van der Waals surface area contributed by atoms with E-state index in [0.29, 0.717) is 12.0 Å². The first-order valence-electron chi connectivity index (χ1n) is 11.7. The van der Waals surface area contributed by atoms with Crippen LogP contribution in [-0.2, 0) is 4.74 Å². The molecule has 6 heteroatoms. The first-order chi connectivity index (χ1) is 14.7. The topological polar surface area (TPSA) is 52.1 Å². The Morgan fingerprint density at radius 1 is 1.13 bits per heavy atom. The van der Waals surface area contributed by atoms with Crippen LogP contribution in [-0.4, -0.2) is 81.8 Å². The lowest BCUT2D eigenvalue weighted by atomic mass is 9.97. The number of hydrogen-bond donors (Lipinski definition) is 2. The van der Waals surface area contributed by atoms with Crippen molar-refractivity contribution < 1.29 is 4.74 Å². The number of piperidine rings is 1. The number of hydrogen-bond acceptors (Lipinski definition) is 4. The molecule has 1 heterocycles. The van der Waals surface area contributed by atoms with Crippen molar-refractivity contribution in [2.75, 3.05) is 66.1 Å². The highest BCUT2D eigenvalue weighted by atomic mass is 16.5. The van der Waals surface area contributed by atoms with Crippen LogP contribution in [0.15, 0.2) is 35.3 Å². The molecule has 2 rings (SSSR count). The van der Waals surface area contributed by atoms with Crippen molar-refractivity contribution >= 4 is 5.96 Å². The van der Waals surface area contributed by atoms with E-state index in [9.17, 15) is 0 Å². The van der Waals surface area contributed by atoms with Gasteiger partial charge in [-0.3, -0.25) is 9.89 Å². The second-order valence-electron chi connectivity index (χ2n) is 8.03. The maximum atomic E-state index is 5.21.